The van der Waals surface area contributed by atoms with Crippen molar-refractivity contribution in [1.29, 1.82) is 0 Å². The summed E-state index contributed by atoms with van der Waals surface area (Å²) >= 11 is 0. The predicted molar refractivity (Wildman–Crippen MR) is 101 cm³/mol. The van der Waals surface area contributed by atoms with Crippen molar-refractivity contribution in [3.8, 4) is 5.75 Å². The fourth-order valence-electron chi connectivity index (χ4n) is 3.14. The van der Waals surface area contributed by atoms with Gasteiger partial charge in [-0.3, -0.25) is 9.59 Å². The first-order chi connectivity index (χ1) is 12.6. The number of nitrogens with one attached hydrogen (secondary N) is 1. The van der Waals surface area contributed by atoms with Crippen molar-refractivity contribution >= 4 is 11.8 Å². The molecule has 1 saturated heterocycles. The molecule has 1 aliphatic heterocycles. The molecular formula is C21H24N2O3. The van der Waals surface area contributed by atoms with Crippen LogP contribution in [0.1, 0.15) is 39.1 Å². The number of ether oxygens (including phenoxy) is 1. The zero-order valence-corrected chi connectivity index (χ0v) is 15.2. The molecule has 3 rings (SSSR count). The second-order valence-corrected chi connectivity index (χ2v) is 6.64. The maximum atomic E-state index is 12.6. The van der Waals surface area contributed by atoms with E-state index in [4.69, 9.17) is 4.74 Å². The van der Waals surface area contributed by atoms with E-state index in [0.717, 1.165) is 24.0 Å². The van der Waals surface area contributed by atoms with Gasteiger partial charge in [0.25, 0.3) is 11.8 Å². The largest absolute Gasteiger partial charge is 0.497 e. The van der Waals surface area contributed by atoms with Crippen LogP contribution < -0.4 is 10.1 Å². The Labute approximate surface area is 154 Å². The fourth-order valence-corrected chi connectivity index (χ4v) is 3.14. The molecule has 5 nitrogen and oxygen atoms in total. The van der Waals surface area contributed by atoms with Gasteiger partial charge >= 0.3 is 0 Å². The summed E-state index contributed by atoms with van der Waals surface area (Å²) in [5, 5.41) is 3.06. The fraction of sp³-hybridized carbons (Fsp3) is 0.333. The molecule has 2 aromatic carbocycles. The van der Waals surface area contributed by atoms with Crippen molar-refractivity contribution in [1.82, 2.24) is 10.2 Å². The van der Waals surface area contributed by atoms with E-state index >= 15 is 0 Å². The van der Waals surface area contributed by atoms with E-state index in [9.17, 15) is 9.59 Å². The van der Waals surface area contributed by atoms with Gasteiger partial charge in [0, 0.05) is 30.3 Å². The van der Waals surface area contributed by atoms with E-state index in [1.54, 1.807) is 25.3 Å². The van der Waals surface area contributed by atoms with Crippen molar-refractivity contribution in [3.05, 3.63) is 65.2 Å². The number of methoxy groups -OCH3 is 1. The number of rotatable bonds is 4. The molecule has 26 heavy (non-hydrogen) atoms. The molecule has 1 heterocycles. The minimum absolute atomic E-state index is 0.0579. The zero-order chi connectivity index (χ0) is 18.5. The van der Waals surface area contributed by atoms with Crippen molar-refractivity contribution in [2.24, 2.45) is 0 Å². The monoisotopic (exact) mass is 352 g/mol. The quantitative estimate of drug-likeness (QED) is 0.920. The lowest BCUT2D eigenvalue weighted by Crippen LogP contribution is -2.46. The molecule has 2 aromatic rings. The molecule has 0 atom stereocenters. The van der Waals surface area contributed by atoms with Crippen molar-refractivity contribution in [2.45, 2.75) is 25.8 Å². The SMILES string of the molecule is COc1cccc(C(=O)NC2CCN(C(=O)c3ccc(C)cc3)CC2)c1. The summed E-state index contributed by atoms with van der Waals surface area (Å²) in [6, 6.07) is 14.8. The number of benzene rings is 2. The van der Waals surface area contributed by atoms with Gasteiger partial charge in [0.1, 0.15) is 5.75 Å². The van der Waals surface area contributed by atoms with Crippen LogP contribution in [0.4, 0.5) is 0 Å². The predicted octanol–water partition coefficient (Wildman–Crippen LogP) is 3.04. The molecule has 136 valence electrons. The maximum Gasteiger partial charge on any atom is 0.253 e. The van der Waals surface area contributed by atoms with Crippen LogP contribution in [0, 0.1) is 6.92 Å². The van der Waals surface area contributed by atoms with Gasteiger partial charge in [0.15, 0.2) is 0 Å². The normalized spacial score (nSPS) is 14.8. The third kappa shape index (κ3) is 4.23. The molecule has 0 aromatic heterocycles. The standard InChI is InChI=1S/C21H24N2O3/c1-15-6-8-16(9-7-15)21(25)23-12-10-18(11-13-23)22-20(24)17-4-3-5-19(14-17)26-2/h3-9,14,18H,10-13H2,1-2H3,(H,22,24). The first-order valence-corrected chi connectivity index (χ1v) is 8.87. The first kappa shape index (κ1) is 18.0. The van der Waals surface area contributed by atoms with Crippen LogP contribution in [-0.2, 0) is 0 Å². The van der Waals surface area contributed by atoms with Crippen molar-refractivity contribution in [3.63, 3.8) is 0 Å². The minimum atomic E-state index is -0.104. The van der Waals surface area contributed by atoms with Crippen LogP contribution in [0.5, 0.6) is 5.75 Å². The Morgan fingerprint density at radius 2 is 1.73 bits per heavy atom. The molecular weight excluding hydrogens is 328 g/mol. The van der Waals surface area contributed by atoms with E-state index in [1.165, 1.54) is 0 Å². The Morgan fingerprint density at radius 3 is 2.38 bits per heavy atom. The van der Waals surface area contributed by atoms with E-state index in [2.05, 4.69) is 5.32 Å². The number of amides is 2. The van der Waals surface area contributed by atoms with Gasteiger partial charge in [0.2, 0.25) is 0 Å². The lowest BCUT2D eigenvalue weighted by Gasteiger charge is -2.32. The van der Waals surface area contributed by atoms with Crippen LogP contribution in [0.15, 0.2) is 48.5 Å². The van der Waals surface area contributed by atoms with Gasteiger partial charge in [-0.25, -0.2) is 0 Å². The molecule has 0 spiro atoms. The Kier molecular flexibility index (Phi) is 5.56. The third-order valence-corrected chi connectivity index (χ3v) is 4.75. The van der Waals surface area contributed by atoms with Crippen LogP contribution in [0.3, 0.4) is 0 Å². The molecule has 1 fully saturated rings. The van der Waals surface area contributed by atoms with Gasteiger partial charge in [-0.1, -0.05) is 23.8 Å². The molecule has 0 unspecified atom stereocenters. The summed E-state index contributed by atoms with van der Waals surface area (Å²) in [5.41, 5.74) is 2.44. The third-order valence-electron chi connectivity index (χ3n) is 4.75. The van der Waals surface area contributed by atoms with E-state index in [0.29, 0.717) is 24.4 Å². The topological polar surface area (TPSA) is 58.6 Å². The van der Waals surface area contributed by atoms with Gasteiger partial charge < -0.3 is 15.0 Å². The Bertz CT molecular complexity index is 778. The Hall–Kier alpha value is -2.82. The highest BCUT2D eigenvalue weighted by Crippen LogP contribution is 2.16. The highest BCUT2D eigenvalue weighted by atomic mass is 16.5. The van der Waals surface area contributed by atoms with E-state index in [-0.39, 0.29) is 17.9 Å². The Morgan fingerprint density at radius 1 is 1.04 bits per heavy atom. The molecule has 1 N–H and O–H groups in total. The number of carbonyl (C=O) groups is 2. The van der Waals surface area contributed by atoms with Crippen molar-refractivity contribution in [2.75, 3.05) is 20.2 Å². The average molecular weight is 352 g/mol. The molecule has 5 heteroatoms. The molecule has 0 bridgehead atoms. The summed E-state index contributed by atoms with van der Waals surface area (Å²) in [7, 11) is 1.58. The van der Waals surface area contributed by atoms with Crippen LogP contribution >= 0.6 is 0 Å². The second kappa shape index (κ2) is 8.04. The number of nitrogens with zero attached hydrogens (tertiary/aromatic N) is 1. The highest BCUT2D eigenvalue weighted by Gasteiger charge is 2.24. The minimum Gasteiger partial charge on any atom is -0.497 e. The summed E-state index contributed by atoms with van der Waals surface area (Å²) in [6.07, 6.45) is 1.51. The van der Waals surface area contributed by atoms with Gasteiger partial charge in [0.05, 0.1) is 7.11 Å². The van der Waals surface area contributed by atoms with Gasteiger partial charge in [-0.05, 0) is 50.1 Å². The molecule has 2 amide bonds. The summed E-state index contributed by atoms with van der Waals surface area (Å²) in [5.74, 6) is 0.617. The number of piperidine rings is 1. The zero-order valence-electron chi connectivity index (χ0n) is 15.2. The van der Waals surface area contributed by atoms with Gasteiger partial charge in [-0.2, -0.15) is 0 Å². The smallest absolute Gasteiger partial charge is 0.253 e. The number of hydrogen-bond acceptors (Lipinski definition) is 3. The number of likely N-dealkylation sites (tertiary alicyclic amines) is 1. The molecule has 1 aliphatic rings. The summed E-state index contributed by atoms with van der Waals surface area (Å²) in [4.78, 5) is 26.8. The molecule has 0 saturated carbocycles. The lowest BCUT2D eigenvalue weighted by molar-refractivity contribution is 0.0698. The van der Waals surface area contributed by atoms with Crippen LogP contribution in [0.25, 0.3) is 0 Å². The highest BCUT2D eigenvalue weighted by molar-refractivity contribution is 5.95. The molecule has 0 aliphatic carbocycles. The second-order valence-electron chi connectivity index (χ2n) is 6.64. The van der Waals surface area contributed by atoms with Crippen LogP contribution in [-0.4, -0.2) is 43.0 Å². The lowest BCUT2D eigenvalue weighted by atomic mass is 10.0. The first-order valence-electron chi connectivity index (χ1n) is 8.87. The number of aryl methyl sites for hydroxylation is 1. The summed E-state index contributed by atoms with van der Waals surface area (Å²) in [6.45, 7) is 3.30. The Balaban J connectivity index is 1.54. The van der Waals surface area contributed by atoms with Crippen molar-refractivity contribution < 1.29 is 14.3 Å². The molecule has 0 radical (unpaired) electrons. The van der Waals surface area contributed by atoms with Crippen LogP contribution in [0.2, 0.25) is 0 Å². The van der Waals surface area contributed by atoms with E-state index < -0.39 is 0 Å². The summed E-state index contributed by atoms with van der Waals surface area (Å²) < 4.78 is 5.16. The average Bonchev–Trinajstić information content (AvgIpc) is 2.68. The van der Waals surface area contributed by atoms with E-state index in [1.807, 2.05) is 42.2 Å². The van der Waals surface area contributed by atoms with Gasteiger partial charge in [-0.15, -0.1) is 0 Å². The maximum absolute atomic E-state index is 12.6. The number of carbonyl (C=O) groups excluding carboxylic acids is 2. The number of hydrogen-bond donors (Lipinski definition) is 1.